The SMILES string of the molecule is NCc1cncc(-n2cc(-c3ccccc3)cn2)c1. The van der Waals surface area contributed by atoms with Crippen molar-refractivity contribution >= 4 is 0 Å². The third-order valence-electron chi connectivity index (χ3n) is 2.97. The van der Waals surface area contributed by atoms with Crippen molar-refractivity contribution in [1.29, 1.82) is 0 Å². The molecule has 0 amide bonds. The molecule has 0 bridgehead atoms. The van der Waals surface area contributed by atoms with Gasteiger partial charge < -0.3 is 5.73 Å². The van der Waals surface area contributed by atoms with Gasteiger partial charge in [0.2, 0.25) is 0 Å². The van der Waals surface area contributed by atoms with E-state index >= 15 is 0 Å². The lowest BCUT2D eigenvalue weighted by Crippen LogP contribution is -2.00. The van der Waals surface area contributed by atoms with Crippen LogP contribution in [0.15, 0.2) is 61.2 Å². The van der Waals surface area contributed by atoms with Crippen LogP contribution in [0.4, 0.5) is 0 Å². The van der Waals surface area contributed by atoms with Gasteiger partial charge in [0.05, 0.1) is 18.1 Å². The topological polar surface area (TPSA) is 56.7 Å². The van der Waals surface area contributed by atoms with Gasteiger partial charge in [-0.3, -0.25) is 4.98 Å². The van der Waals surface area contributed by atoms with Crippen molar-refractivity contribution in [2.75, 3.05) is 0 Å². The average Bonchev–Trinajstić information content (AvgIpc) is 2.98. The van der Waals surface area contributed by atoms with E-state index in [1.165, 1.54) is 0 Å². The predicted octanol–water partition coefficient (Wildman–Crippen LogP) is 2.39. The first-order valence-electron chi connectivity index (χ1n) is 6.11. The van der Waals surface area contributed by atoms with Crippen molar-refractivity contribution in [2.24, 2.45) is 5.73 Å². The number of rotatable bonds is 3. The van der Waals surface area contributed by atoms with Crippen molar-refractivity contribution in [3.05, 3.63) is 66.7 Å². The highest BCUT2D eigenvalue weighted by atomic mass is 15.3. The Balaban J connectivity index is 1.97. The molecule has 4 heteroatoms. The summed E-state index contributed by atoms with van der Waals surface area (Å²) in [7, 11) is 0. The van der Waals surface area contributed by atoms with E-state index in [0.717, 1.165) is 22.4 Å². The van der Waals surface area contributed by atoms with Gasteiger partial charge in [-0.25, -0.2) is 4.68 Å². The Labute approximate surface area is 111 Å². The first-order chi connectivity index (χ1) is 9.36. The third kappa shape index (κ3) is 2.39. The number of nitrogens with zero attached hydrogens (tertiary/aromatic N) is 3. The Hall–Kier alpha value is -2.46. The predicted molar refractivity (Wildman–Crippen MR) is 74.7 cm³/mol. The van der Waals surface area contributed by atoms with Crippen molar-refractivity contribution in [3.63, 3.8) is 0 Å². The fraction of sp³-hybridized carbons (Fsp3) is 0.0667. The molecule has 1 aromatic carbocycles. The minimum atomic E-state index is 0.480. The highest BCUT2D eigenvalue weighted by Crippen LogP contribution is 2.19. The van der Waals surface area contributed by atoms with Crippen LogP contribution < -0.4 is 5.73 Å². The van der Waals surface area contributed by atoms with Crippen LogP contribution in [0.25, 0.3) is 16.8 Å². The Morgan fingerprint density at radius 3 is 2.63 bits per heavy atom. The highest BCUT2D eigenvalue weighted by molar-refractivity contribution is 5.61. The molecule has 3 rings (SSSR count). The molecule has 2 aromatic heterocycles. The number of benzene rings is 1. The number of pyridine rings is 1. The maximum absolute atomic E-state index is 5.62. The van der Waals surface area contributed by atoms with E-state index in [-0.39, 0.29) is 0 Å². The molecule has 19 heavy (non-hydrogen) atoms. The van der Waals surface area contributed by atoms with Gasteiger partial charge in [0.15, 0.2) is 0 Å². The molecule has 94 valence electrons. The molecular weight excluding hydrogens is 236 g/mol. The van der Waals surface area contributed by atoms with Crippen LogP contribution in [-0.2, 0) is 6.54 Å². The van der Waals surface area contributed by atoms with Gasteiger partial charge in [-0.1, -0.05) is 30.3 Å². The van der Waals surface area contributed by atoms with Crippen LogP contribution in [0.5, 0.6) is 0 Å². The summed E-state index contributed by atoms with van der Waals surface area (Å²) < 4.78 is 1.81. The smallest absolute Gasteiger partial charge is 0.0832 e. The minimum Gasteiger partial charge on any atom is -0.326 e. The first-order valence-corrected chi connectivity index (χ1v) is 6.11. The van der Waals surface area contributed by atoms with Crippen molar-refractivity contribution in [1.82, 2.24) is 14.8 Å². The van der Waals surface area contributed by atoms with E-state index in [9.17, 15) is 0 Å². The lowest BCUT2D eigenvalue weighted by Gasteiger charge is -2.02. The van der Waals surface area contributed by atoms with Crippen molar-refractivity contribution < 1.29 is 0 Å². The summed E-state index contributed by atoms with van der Waals surface area (Å²) in [6.07, 6.45) is 7.39. The lowest BCUT2D eigenvalue weighted by molar-refractivity contribution is 0.867. The number of nitrogens with two attached hydrogens (primary N) is 1. The molecule has 0 atom stereocenters. The van der Waals surface area contributed by atoms with Crippen molar-refractivity contribution in [3.8, 4) is 16.8 Å². The summed E-state index contributed by atoms with van der Waals surface area (Å²) in [6.45, 7) is 0.480. The molecule has 0 fully saturated rings. The monoisotopic (exact) mass is 250 g/mol. The average molecular weight is 250 g/mol. The van der Waals surface area contributed by atoms with E-state index in [4.69, 9.17) is 5.73 Å². The van der Waals surface area contributed by atoms with Gasteiger partial charge in [0, 0.05) is 24.5 Å². The minimum absolute atomic E-state index is 0.480. The number of hydrogen-bond donors (Lipinski definition) is 1. The zero-order chi connectivity index (χ0) is 13.1. The summed E-state index contributed by atoms with van der Waals surface area (Å²) in [4.78, 5) is 4.17. The quantitative estimate of drug-likeness (QED) is 0.776. The van der Waals surface area contributed by atoms with E-state index in [1.807, 2.05) is 41.3 Å². The van der Waals surface area contributed by atoms with Crippen LogP contribution in [0, 0.1) is 0 Å². The van der Waals surface area contributed by atoms with E-state index < -0.39 is 0 Å². The summed E-state index contributed by atoms with van der Waals surface area (Å²) in [5, 5.41) is 4.37. The third-order valence-corrected chi connectivity index (χ3v) is 2.97. The summed E-state index contributed by atoms with van der Waals surface area (Å²) in [5.74, 6) is 0. The standard InChI is InChI=1S/C15H14N4/c16-7-12-6-15(10-17-8-12)19-11-14(9-18-19)13-4-2-1-3-5-13/h1-6,8-11H,7,16H2. The highest BCUT2D eigenvalue weighted by Gasteiger charge is 2.03. The van der Waals surface area contributed by atoms with Gasteiger partial charge in [0.25, 0.3) is 0 Å². The van der Waals surface area contributed by atoms with Crippen LogP contribution in [0.3, 0.4) is 0 Å². The number of aromatic nitrogens is 3. The molecule has 0 aliphatic carbocycles. The number of hydrogen-bond acceptors (Lipinski definition) is 3. The molecule has 2 N–H and O–H groups in total. The van der Waals surface area contributed by atoms with Gasteiger partial charge in [-0.15, -0.1) is 0 Å². The molecular formula is C15H14N4. The first kappa shape index (κ1) is 11.6. The fourth-order valence-corrected chi connectivity index (χ4v) is 1.95. The van der Waals surface area contributed by atoms with Crippen molar-refractivity contribution in [2.45, 2.75) is 6.54 Å². The van der Waals surface area contributed by atoms with E-state index in [1.54, 1.807) is 12.4 Å². The molecule has 4 nitrogen and oxygen atoms in total. The molecule has 0 unspecified atom stereocenters. The van der Waals surface area contributed by atoms with Gasteiger partial charge in [0.1, 0.15) is 0 Å². The second-order valence-corrected chi connectivity index (χ2v) is 4.30. The Kier molecular flexibility index (Phi) is 3.08. The Morgan fingerprint density at radius 2 is 1.84 bits per heavy atom. The molecule has 2 heterocycles. The molecule has 0 aliphatic heterocycles. The normalized spacial score (nSPS) is 10.6. The van der Waals surface area contributed by atoms with Crippen LogP contribution in [0.1, 0.15) is 5.56 Å². The lowest BCUT2D eigenvalue weighted by atomic mass is 10.1. The van der Waals surface area contributed by atoms with Crippen LogP contribution in [-0.4, -0.2) is 14.8 Å². The van der Waals surface area contributed by atoms with Crippen LogP contribution >= 0.6 is 0 Å². The maximum Gasteiger partial charge on any atom is 0.0832 e. The Morgan fingerprint density at radius 1 is 1.00 bits per heavy atom. The van der Waals surface area contributed by atoms with E-state index in [2.05, 4.69) is 22.2 Å². The van der Waals surface area contributed by atoms with Gasteiger partial charge >= 0.3 is 0 Å². The molecule has 0 saturated heterocycles. The molecule has 0 aliphatic rings. The maximum atomic E-state index is 5.62. The zero-order valence-electron chi connectivity index (χ0n) is 10.4. The summed E-state index contributed by atoms with van der Waals surface area (Å²) in [6, 6.07) is 12.2. The largest absolute Gasteiger partial charge is 0.326 e. The molecule has 0 radical (unpaired) electrons. The van der Waals surface area contributed by atoms with Crippen LogP contribution in [0.2, 0.25) is 0 Å². The molecule has 3 aromatic rings. The van der Waals surface area contributed by atoms with E-state index in [0.29, 0.717) is 6.54 Å². The Bertz CT molecular complexity index is 673. The second kappa shape index (κ2) is 5.04. The summed E-state index contributed by atoms with van der Waals surface area (Å²) >= 11 is 0. The summed E-state index contributed by atoms with van der Waals surface area (Å²) in [5.41, 5.74) is 9.77. The zero-order valence-corrected chi connectivity index (χ0v) is 10.4. The van der Waals surface area contributed by atoms with Gasteiger partial charge in [-0.05, 0) is 17.2 Å². The fourth-order valence-electron chi connectivity index (χ4n) is 1.95. The second-order valence-electron chi connectivity index (χ2n) is 4.30. The molecule has 0 saturated carbocycles. The molecule has 0 spiro atoms. The van der Waals surface area contributed by atoms with Gasteiger partial charge in [-0.2, -0.15) is 5.10 Å².